The molecule has 0 bridgehead atoms. The van der Waals surface area contributed by atoms with Crippen molar-refractivity contribution in [3.63, 3.8) is 0 Å². The first-order chi connectivity index (χ1) is 13.2. The monoisotopic (exact) mass is 497 g/mol. The summed E-state index contributed by atoms with van der Waals surface area (Å²) in [4.78, 5) is 0. The lowest BCUT2D eigenvalue weighted by molar-refractivity contribution is -0.665. The third kappa shape index (κ3) is 3.14. The SMILES string of the molecule is CC[n+]1c(/C=C2\C=C(C)c3ccccc3O2)sc2c3ccccc3ccc21.[I-]. The summed E-state index contributed by atoms with van der Waals surface area (Å²) in [5.41, 5.74) is 3.68. The van der Waals surface area contributed by atoms with E-state index in [1.807, 2.05) is 23.5 Å². The highest BCUT2D eigenvalue weighted by molar-refractivity contribution is 7.19. The normalized spacial score (nSPS) is 14.5. The van der Waals surface area contributed by atoms with Gasteiger partial charge in [0.2, 0.25) is 5.52 Å². The molecule has 2 heterocycles. The van der Waals surface area contributed by atoms with Gasteiger partial charge < -0.3 is 28.7 Å². The van der Waals surface area contributed by atoms with Crippen LogP contribution in [0.2, 0.25) is 0 Å². The molecule has 0 atom stereocenters. The quantitative estimate of drug-likeness (QED) is 0.306. The van der Waals surface area contributed by atoms with E-state index in [1.165, 1.54) is 37.1 Å². The highest BCUT2D eigenvalue weighted by atomic mass is 127. The third-order valence-corrected chi connectivity index (χ3v) is 6.28. The number of halogens is 1. The summed E-state index contributed by atoms with van der Waals surface area (Å²) in [6.45, 7) is 5.26. The molecule has 0 fully saturated rings. The number of thiazole rings is 1. The zero-order valence-electron chi connectivity index (χ0n) is 15.8. The molecule has 28 heavy (non-hydrogen) atoms. The van der Waals surface area contributed by atoms with E-state index in [0.717, 1.165) is 18.1 Å². The van der Waals surface area contributed by atoms with Gasteiger partial charge in [-0.05, 0) is 43.0 Å². The van der Waals surface area contributed by atoms with Gasteiger partial charge in [0.15, 0.2) is 0 Å². The van der Waals surface area contributed by atoms with E-state index in [4.69, 9.17) is 4.74 Å². The average Bonchev–Trinajstić information content (AvgIpc) is 3.05. The maximum Gasteiger partial charge on any atom is 0.266 e. The van der Waals surface area contributed by atoms with E-state index in [-0.39, 0.29) is 24.0 Å². The van der Waals surface area contributed by atoms with Gasteiger partial charge in [-0.3, -0.25) is 0 Å². The van der Waals surface area contributed by atoms with E-state index < -0.39 is 0 Å². The van der Waals surface area contributed by atoms with Gasteiger partial charge in [0, 0.05) is 17.0 Å². The predicted molar refractivity (Wildman–Crippen MR) is 114 cm³/mol. The first-order valence-corrected chi connectivity index (χ1v) is 10.1. The molecule has 0 amide bonds. The van der Waals surface area contributed by atoms with Crippen molar-refractivity contribution in [1.29, 1.82) is 0 Å². The van der Waals surface area contributed by atoms with Crippen molar-refractivity contribution in [1.82, 2.24) is 0 Å². The van der Waals surface area contributed by atoms with Crippen molar-refractivity contribution in [3.8, 4) is 5.75 Å². The average molecular weight is 497 g/mol. The summed E-state index contributed by atoms with van der Waals surface area (Å²) >= 11 is 1.83. The molecule has 0 unspecified atom stereocenters. The Morgan fingerprint density at radius 2 is 1.79 bits per heavy atom. The molecule has 0 N–H and O–H groups in total. The Morgan fingerprint density at radius 3 is 2.64 bits per heavy atom. The summed E-state index contributed by atoms with van der Waals surface area (Å²) < 4.78 is 9.87. The summed E-state index contributed by atoms with van der Waals surface area (Å²) in [7, 11) is 0. The van der Waals surface area contributed by atoms with Crippen molar-refractivity contribution < 1.29 is 33.3 Å². The van der Waals surface area contributed by atoms with Gasteiger partial charge in [-0.1, -0.05) is 53.8 Å². The summed E-state index contributed by atoms with van der Waals surface area (Å²) in [6.07, 6.45) is 4.30. The molecule has 0 saturated heterocycles. The number of fused-ring (bicyclic) bond motifs is 4. The predicted octanol–water partition coefficient (Wildman–Crippen LogP) is 3.20. The molecule has 1 aliphatic rings. The standard InChI is InChI=1S/C24H20NOS.HI/c1-3-25-21-13-12-17-8-4-5-10-20(17)24(21)27-23(25)15-18-14-16(2)19-9-6-7-11-22(19)26-18;/h4-15H,3H2,1-2H3;1H/q+1;/p-1/b18-15+;. The van der Waals surface area contributed by atoms with Crippen molar-refractivity contribution in [2.45, 2.75) is 20.4 Å². The summed E-state index contributed by atoms with van der Waals surface area (Å²) in [5, 5.41) is 3.81. The fraction of sp³-hybridized carbons (Fsp3) is 0.125. The third-order valence-electron chi connectivity index (χ3n) is 5.10. The fourth-order valence-corrected chi connectivity index (χ4v) is 5.09. The molecule has 4 heteroatoms. The first-order valence-electron chi connectivity index (χ1n) is 9.26. The lowest BCUT2D eigenvalue weighted by Crippen LogP contribution is -3.00. The first kappa shape index (κ1) is 19.2. The van der Waals surface area contributed by atoms with Gasteiger partial charge in [0.25, 0.3) is 5.01 Å². The van der Waals surface area contributed by atoms with Crippen LogP contribution in [0.25, 0.3) is 32.6 Å². The van der Waals surface area contributed by atoms with E-state index in [1.54, 1.807) is 0 Å². The van der Waals surface area contributed by atoms with Crippen LogP contribution in [0.4, 0.5) is 0 Å². The Kier molecular flexibility index (Phi) is 5.25. The topological polar surface area (TPSA) is 13.1 Å². The number of nitrogens with zero attached hydrogens (tertiary/aromatic N) is 1. The molecular weight excluding hydrogens is 477 g/mol. The second kappa shape index (κ2) is 7.68. The lowest BCUT2D eigenvalue weighted by atomic mass is 10.0. The molecule has 2 nitrogen and oxygen atoms in total. The van der Waals surface area contributed by atoms with E-state index in [9.17, 15) is 0 Å². The van der Waals surface area contributed by atoms with Crippen LogP contribution >= 0.6 is 11.3 Å². The summed E-state index contributed by atoms with van der Waals surface area (Å²) in [5.74, 6) is 1.82. The van der Waals surface area contributed by atoms with Gasteiger partial charge in [0.05, 0.1) is 6.08 Å². The zero-order chi connectivity index (χ0) is 18.4. The lowest BCUT2D eigenvalue weighted by Gasteiger charge is -2.17. The molecule has 1 aromatic heterocycles. The molecule has 1 aliphatic heterocycles. The van der Waals surface area contributed by atoms with Gasteiger partial charge >= 0.3 is 0 Å². The maximum absolute atomic E-state index is 6.17. The molecule has 4 aromatic rings. The van der Waals surface area contributed by atoms with Crippen LogP contribution < -0.4 is 33.3 Å². The smallest absolute Gasteiger partial charge is 0.266 e. The van der Waals surface area contributed by atoms with E-state index in [2.05, 4.69) is 79.1 Å². The minimum Gasteiger partial charge on any atom is -1.00 e. The number of ether oxygens (including phenoxy) is 1. The number of allylic oxidation sites excluding steroid dienone is 2. The number of para-hydroxylation sites is 1. The minimum atomic E-state index is 0. The van der Waals surface area contributed by atoms with Crippen LogP contribution in [0.1, 0.15) is 24.4 Å². The zero-order valence-corrected chi connectivity index (χ0v) is 18.8. The molecule has 140 valence electrons. The highest BCUT2D eigenvalue weighted by Crippen LogP contribution is 2.35. The van der Waals surface area contributed by atoms with Crippen LogP contribution in [-0.4, -0.2) is 0 Å². The van der Waals surface area contributed by atoms with E-state index in [0.29, 0.717) is 0 Å². The van der Waals surface area contributed by atoms with Gasteiger partial charge in [-0.15, -0.1) is 0 Å². The van der Waals surface area contributed by atoms with Crippen molar-refractivity contribution >= 4 is 44.0 Å². The van der Waals surface area contributed by atoms with E-state index >= 15 is 0 Å². The van der Waals surface area contributed by atoms with Gasteiger partial charge in [-0.2, -0.15) is 4.57 Å². The van der Waals surface area contributed by atoms with Crippen LogP contribution in [0, 0.1) is 0 Å². The number of aromatic nitrogens is 1. The van der Waals surface area contributed by atoms with Crippen LogP contribution in [0.3, 0.4) is 0 Å². The largest absolute Gasteiger partial charge is 1.00 e. The van der Waals surface area contributed by atoms with Gasteiger partial charge in [-0.25, -0.2) is 0 Å². The van der Waals surface area contributed by atoms with Crippen LogP contribution in [0.5, 0.6) is 5.75 Å². The van der Waals surface area contributed by atoms with Crippen molar-refractivity contribution in [2.24, 2.45) is 0 Å². The Morgan fingerprint density at radius 1 is 1.00 bits per heavy atom. The minimum absolute atomic E-state index is 0. The Bertz CT molecular complexity index is 1250. The number of benzene rings is 3. The highest BCUT2D eigenvalue weighted by Gasteiger charge is 2.21. The second-order valence-electron chi connectivity index (χ2n) is 6.79. The fourth-order valence-electron chi connectivity index (χ4n) is 3.79. The van der Waals surface area contributed by atoms with Gasteiger partial charge in [0.1, 0.15) is 22.8 Å². The van der Waals surface area contributed by atoms with Crippen molar-refractivity contribution in [3.05, 3.63) is 83.1 Å². The molecule has 0 spiro atoms. The molecule has 0 radical (unpaired) electrons. The molecule has 0 aliphatic carbocycles. The molecule has 3 aromatic carbocycles. The summed E-state index contributed by atoms with van der Waals surface area (Å²) in [6, 6.07) is 21.3. The molecular formula is C24H20INOS. The maximum atomic E-state index is 6.17. The van der Waals surface area contributed by atoms with Crippen LogP contribution in [-0.2, 0) is 6.54 Å². The Balaban J connectivity index is 0.00000192. The number of hydrogen-bond acceptors (Lipinski definition) is 2. The molecule has 0 saturated carbocycles. The van der Waals surface area contributed by atoms with Crippen molar-refractivity contribution in [2.75, 3.05) is 0 Å². The molecule has 5 rings (SSSR count). The number of hydrogen-bond donors (Lipinski definition) is 0. The second-order valence-corrected chi connectivity index (χ2v) is 7.82. The Hall–Kier alpha value is -2.18. The number of rotatable bonds is 2. The Labute approximate surface area is 185 Å². The van der Waals surface area contributed by atoms with Crippen LogP contribution in [0.15, 0.2) is 72.5 Å². The number of aryl methyl sites for hydroxylation is 1.